The Balaban J connectivity index is 2.00. The van der Waals surface area contributed by atoms with E-state index in [-0.39, 0.29) is 19.1 Å². The number of esters is 1. The smallest absolute Gasteiger partial charge is 0.347 e. The number of carbonyl (C=O) groups excluding carboxylic acids is 2. The SMILES string of the molecule is CCOC(=O)c1ccc(N(C)Cc2ccccc2)cc1[N+](C)(OCc1ccccc1)C(C)=O. The van der Waals surface area contributed by atoms with Crippen molar-refractivity contribution in [3.63, 3.8) is 0 Å². The van der Waals surface area contributed by atoms with Crippen LogP contribution in [-0.4, -0.2) is 32.6 Å². The first-order valence-corrected chi connectivity index (χ1v) is 11.0. The monoisotopic (exact) mass is 447 g/mol. The lowest BCUT2D eigenvalue weighted by Gasteiger charge is -2.30. The van der Waals surface area contributed by atoms with Gasteiger partial charge in [-0.25, -0.2) is 9.59 Å². The van der Waals surface area contributed by atoms with E-state index in [0.29, 0.717) is 17.8 Å². The van der Waals surface area contributed by atoms with Crippen molar-refractivity contribution in [2.45, 2.75) is 27.0 Å². The first-order valence-electron chi connectivity index (χ1n) is 11.0. The minimum atomic E-state index is -0.490. The zero-order valence-corrected chi connectivity index (χ0v) is 19.7. The molecule has 0 radical (unpaired) electrons. The molecule has 6 nitrogen and oxygen atoms in total. The molecule has 0 bridgehead atoms. The maximum atomic E-state index is 12.9. The van der Waals surface area contributed by atoms with Gasteiger partial charge in [0.25, 0.3) is 0 Å². The van der Waals surface area contributed by atoms with Crippen LogP contribution in [0.2, 0.25) is 0 Å². The van der Waals surface area contributed by atoms with Gasteiger partial charge in [0, 0.05) is 25.3 Å². The predicted octanol–water partition coefficient (Wildman–Crippen LogP) is 5.12. The summed E-state index contributed by atoms with van der Waals surface area (Å²) >= 11 is 0. The van der Waals surface area contributed by atoms with Gasteiger partial charge in [0.1, 0.15) is 19.2 Å². The van der Waals surface area contributed by atoms with Gasteiger partial charge in [0.15, 0.2) is 5.69 Å². The van der Waals surface area contributed by atoms with E-state index in [1.807, 2.05) is 67.7 Å². The van der Waals surface area contributed by atoms with Crippen LogP contribution >= 0.6 is 0 Å². The first-order chi connectivity index (χ1) is 15.8. The van der Waals surface area contributed by atoms with Crippen molar-refractivity contribution in [2.75, 3.05) is 25.6 Å². The van der Waals surface area contributed by atoms with E-state index in [2.05, 4.69) is 17.0 Å². The molecule has 1 unspecified atom stereocenters. The average Bonchev–Trinajstić information content (AvgIpc) is 2.83. The van der Waals surface area contributed by atoms with Gasteiger partial charge in [-0.3, -0.25) is 0 Å². The summed E-state index contributed by atoms with van der Waals surface area (Å²) in [6.45, 7) is 4.34. The molecule has 1 atom stereocenters. The Bertz CT molecular complexity index is 1090. The van der Waals surface area contributed by atoms with Crippen LogP contribution in [0.25, 0.3) is 0 Å². The highest BCUT2D eigenvalue weighted by molar-refractivity contribution is 5.99. The Morgan fingerprint density at radius 2 is 1.52 bits per heavy atom. The van der Waals surface area contributed by atoms with Crippen LogP contribution in [0.3, 0.4) is 0 Å². The van der Waals surface area contributed by atoms with Crippen LogP contribution in [0.5, 0.6) is 0 Å². The van der Waals surface area contributed by atoms with E-state index < -0.39 is 10.6 Å². The second-order valence-corrected chi connectivity index (χ2v) is 7.97. The lowest BCUT2D eigenvalue weighted by atomic mass is 10.1. The summed E-state index contributed by atoms with van der Waals surface area (Å²) in [4.78, 5) is 33.9. The summed E-state index contributed by atoms with van der Waals surface area (Å²) in [6, 6.07) is 25.1. The number of quaternary nitrogens is 1. The number of nitrogens with zero attached hydrogens (tertiary/aromatic N) is 2. The second kappa shape index (κ2) is 10.9. The Kier molecular flexibility index (Phi) is 7.98. The van der Waals surface area contributed by atoms with Crippen LogP contribution < -0.4 is 9.55 Å². The maximum Gasteiger partial charge on any atom is 0.347 e. The Hall–Kier alpha value is -3.48. The Morgan fingerprint density at radius 1 is 0.909 bits per heavy atom. The van der Waals surface area contributed by atoms with Crippen LogP contribution in [0, 0.1) is 0 Å². The number of hydrogen-bond acceptors (Lipinski definition) is 5. The van der Waals surface area contributed by atoms with Gasteiger partial charge < -0.3 is 9.64 Å². The number of amides is 1. The highest BCUT2D eigenvalue weighted by Crippen LogP contribution is 2.33. The molecule has 0 spiro atoms. The molecule has 0 aliphatic rings. The Morgan fingerprint density at radius 3 is 2.09 bits per heavy atom. The second-order valence-electron chi connectivity index (χ2n) is 7.97. The summed E-state index contributed by atoms with van der Waals surface area (Å²) in [5, 5.41) is 0. The quantitative estimate of drug-likeness (QED) is 0.259. The molecule has 0 aliphatic carbocycles. The fourth-order valence-corrected chi connectivity index (χ4v) is 3.55. The largest absolute Gasteiger partial charge is 0.462 e. The van der Waals surface area contributed by atoms with E-state index in [0.717, 1.165) is 16.8 Å². The summed E-state index contributed by atoms with van der Waals surface area (Å²) in [5.74, 6) is -0.738. The fourth-order valence-electron chi connectivity index (χ4n) is 3.55. The summed E-state index contributed by atoms with van der Waals surface area (Å²) in [5.41, 5.74) is 3.68. The van der Waals surface area contributed by atoms with E-state index in [1.54, 1.807) is 20.0 Å². The molecular formula is C27H31N2O4+. The molecule has 1 amide bonds. The standard InChI is InChI=1S/C27H31N2O4/c1-5-32-27(31)25-17-16-24(28(3)19-22-12-8-6-9-13-22)18-26(25)29(4,21(2)30)33-20-23-14-10-7-11-15-23/h6-18H,5,19-20H2,1-4H3/q+1. The van der Waals surface area contributed by atoms with E-state index in [9.17, 15) is 9.59 Å². The number of carbonyl (C=O) groups is 2. The van der Waals surface area contributed by atoms with Gasteiger partial charge in [-0.1, -0.05) is 65.3 Å². The third kappa shape index (κ3) is 5.86. The van der Waals surface area contributed by atoms with Gasteiger partial charge in [0.05, 0.1) is 13.5 Å². The molecule has 0 saturated carbocycles. The van der Waals surface area contributed by atoms with Crippen LogP contribution in [0.1, 0.15) is 35.3 Å². The van der Waals surface area contributed by atoms with Crippen molar-refractivity contribution < 1.29 is 19.2 Å². The van der Waals surface area contributed by atoms with Crippen LogP contribution in [-0.2, 0) is 27.5 Å². The van der Waals surface area contributed by atoms with Gasteiger partial charge in [-0.2, -0.15) is 4.84 Å². The number of anilines is 1. The van der Waals surface area contributed by atoms with Crippen molar-refractivity contribution in [1.29, 1.82) is 0 Å². The van der Waals surface area contributed by atoms with E-state index >= 15 is 0 Å². The molecular weight excluding hydrogens is 416 g/mol. The van der Waals surface area contributed by atoms with Crippen LogP contribution in [0.4, 0.5) is 11.4 Å². The molecule has 3 aromatic rings. The number of hydroxylamine groups is 2. The van der Waals surface area contributed by atoms with Gasteiger partial charge >= 0.3 is 11.9 Å². The minimum Gasteiger partial charge on any atom is -0.462 e. The third-order valence-electron chi connectivity index (χ3n) is 5.57. The van der Waals surface area contributed by atoms with Crippen molar-refractivity contribution in [1.82, 2.24) is 4.65 Å². The molecule has 6 heteroatoms. The summed E-state index contributed by atoms with van der Waals surface area (Å²) < 4.78 is 4.78. The number of ether oxygens (including phenoxy) is 1. The minimum absolute atomic E-state index is 0.212. The number of benzene rings is 3. The highest BCUT2D eigenvalue weighted by Gasteiger charge is 2.39. The van der Waals surface area contributed by atoms with Gasteiger partial charge in [0.2, 0.25) is 0 Å². The molecule has 0 heterocycles. The summed E-state index contributed by atoms with van der Waals surface area (Å²) in [6.07, 6.45) is 0. The molecule has 0 aromatic heterocycles. The molecule has 172 valence electrons. The maximum absolute atomic E-state index is 12.9. The van der Waals surface area contributed by atoms with Gasteiger partial charge in [-0.15, -0.1) is 0 Å². The zero-order valence-electron chi connectivity index (χ0n) is 19.7. The molecule has 0 aliphatic heterocycles. The molecule has 0 fully saturated rings. The average molecular weight is 448 g/mol. The lowest BCUT2D eigenvalue weighted by Crippen LogP contribution is -2.50. The molecule has 0 N–H and O–H groups in total. The predicted molar refractivity (Wildman–Crippen MR) is 131 cm³/mol. The topological polar surface area (TPSA) is 55.8 Å². The number of hydrogen-bond donors (Lipinski definition) is 0. The third-order valence-corrected chi connectivity index (χ3v) is 5.57. The fraction of sp³-hybridized carbons (Fsp3) is 0.259. The van der Waals surface area contributed by atoms with Crippen molar-refractivity contribution in [2.24, 2.45) is 0 Å². The normalized spacial score (nSPS) is 12.6. The first kappa shape index (κ1) is 24.2. The summed E-state index contributed by atoms with van der Waals surface area (Å²) in [7, 11) is 3.63. The molecule has 3 aromatic carbocycles. The van der Waals surface area contributed by atoms with Crippen molar-refractivity contribution in [3.05, 3.63) is 95.6 Å². The number of rotatable bonds is 9. The van der Waals surface area contributed by atoms with E-state index in [1.165, 1.54) is 6.92 Å². The van der Waals surface area contributed by atoms with Crippen LogP contribution in [0.15, 0.2) is 78.9 Å². The lowest BCUT2D eigenvalue weighted by molar-refractivity contribution is -0.175. The highest BCUT2D eigenvalue weighted by atomic mass is 16.7. The van der Waals surface area contributed by atoms with E-state index in [4.69, 9.17) is 9.57 Å². The van der Waals surface area contributed by atoms with Gasteiger partial charge in [-0.05, 0) is 30.2 Å². The van der Waals surface area contributed by atoms with Crippen molar-refractivity contribution in [3.8, 4) is 0 Å². The molecule has 0 saturated heterocycles. The molecule has 3 rings (SSSR count). The van der Waals surface area contributed by atoms with Crippen molar-refractivity contribution >= 4 is 23.3 Å². The Labute approximate surface area is 195 Å². The zero-order chi connectivity index (χ0) is 23.8. The molecule has 33 heavy (non-hydrogen) atoms.